The van der Waals surface area contributed by atoms with Crippen LogP contribution in [0.4, 0.5) is 16.2 Å². The van der Waals surface area contributed by atoms with Crippen molar-refractivity contribution in [1.29, 1.82) is 0 Å². The van der Waals surface area contributed by atoms with Crippen molar-refractivity contribution in [3.63, 3.8) is 0 Å². The maximum absolute atomic E-state index is 12.4. The molecular formula is C24H16ClN5OS. The quantitative estimate of drug-likeness (QED) is 0.314. The van der Waals surface area contributed by atoms with Gasteiger partial charge in [-0.25, -0.2) is 14.8 Å². The molecule has 8 heteroatoms. The molecule has 0 atom stereocenters. The number of benzene rings is 2. The second-order valence-electron chi connectivity index (χ2n) is 6.95. The molecule has 5 aromatic rings. The van der Waals surface area contributed by atoms with E-state index in [2.05, 4.69) is 31.0 Å². The van der Waals surface area contributed by atoms with Gasteiger partial charge in [-0.2, -0.15) is 0 Å². The Morgan fingerprint density at radius 3 is 2.47 bits per heavy atom. The summed E-state index contributed by atoms with van der Waals surface area (Å²) in [4.78, 5) is 26.5. The van der Waals surface area contributed by atoms with Crippen LogP contribution in [0.25, 0.3) is 32.6 Å². The first-order valence-corrected chi connectivity index (χ1v) is 11.0. The molecule has 0 radical (unpaired) electrons. The Labute approximate surface area is 193 Å². The van der Waals surface area contributed by atoms with Crippen LogP contribution in [0.15, 0.2) is 84.8 Å². The molecule has 32 heavy (non-hydrogen) atoms. The normalized spacial score (nSPS) is 10.8. The van der Waals surface area contributed by atoms with E-state index in [1.54, 1.807) is 54.3 Å². The summed E-state index contributed by atoms with van der Waals surface area (Å²) < 4.78 is 0. The second kappa shape index (κ2) is 8.74. The molecule has 0 fully saturated rings. The summed E-state index contributed by atoms with van der Waals surface area (Å²) in [6, 6.07) is 18.1. The third-order valence-corrected chi connectivity index (χ3v) is 6.00. The van der Waals surface area contributed by atoms with Crippen LogP contribution in [0.2, 0.25) is 5.02 Å². The van der Waals surface area contributed by atoms with E-state index in [1.165, 1.54) is 0 Å². The number of fused-ring (bicyclic) bond motifs is 1. The Morgan fingerprint density at radius 2 is 1.66 bits per heavy atom. The van der Waals surface area contributed by atoms with Crippen LogP contribution >= 0.6 is 22.9 Å². The SMILES string of the molecule is O=C(Nc1ccc(Cl)cc1)Nc1cccc(-c2ncnc3scc(-c4ccncc4)c23)c1. The first-order chi connectivity index (χ1) is 15.7. The first-order valence-electron chi connectivity index (χ1n) is 9.74. The van der Waals surface area contributed by atoms with Crippen molar-refractivity contribution in [2.45, 2.75) is 0 Å². The average Bonchev–Trinajstić information content (AvgIpc) is 3.26. The number of amides is 2. The number of nitrogens with one attached hydrogen (secondary N) is 2. The van der Waals surface area contributed by atoms with Gasteiger partial charge in [0.2, 0.25) is 0 Å². The number of hydrogen-bond acceptors (Lipinski definition) is 5. The van der Waals surface area contributed by atoms with Gasteiger partial charge in [0.15, 0.2) is 0 Å². The van der Waals surface area contributed by atoms with Crippen molar-refractivity contribution in [1.82, 2.24) is 15.0 Å². The number of rotatable bonds is 4. The van der Waals surface area contributed by atoms with E-state index in [0.717, 1.165) is 32.6 Å². The molecular weight excluding hydrogens is 442 g/mol. The third-order valence-electron chi connectivity index (χ3n) is 4.86. The highest BCUT2D eigenvalue weighted by atomic mass is 35.5. The zero-order valence-electron chi connectivity index (χ0n) is 16.6. The summed E-state index contributed by atoms with van der Waals surface area (Å²) in [6.45, 7) is 0. The molecule has 0 saturated carbocycles. The Morgan fingerprint density at radius 1 is 0.875 bits per heavy atom. The second-order valence-corrected chi connectivity index (χ2v) is 8.25. The van der Waals surface area contributed by atoms with Gasteiger partial charge in [0.25, 0.3) is 0 Å². The number of anilines is 2. The van der Waals surface area contributed by atoms with Gasteiger partial charge in [-0.05, 0) is 54.1 Å². The van der Waals surface area contributed by atoms with Crippen LogP contribution < -0.4 is 10.6 Å². The largest absolute Gasteiger partial charge is 0.323 e. The van der Waals surface area contributed by atoms with Crippen LogP contribution in [0.5, 0.6) is 0 Å². The smallest absolute Gasteiger partial charge is 0.308 e. The molecule has 0 aliphatic heterocycles. The lowest BCUT2D eigenvalue weighted by Gasteiger charge is -2.10. The van der Waals surface area contributed by atoms with E-state index in [9.17, 15) is 4.79 Å². The minimum atomic E-state index is -0.342. The van der Waals surface area contributed by atoms with Crippen molar-refractivity contribution < 1.29 is 4.79 Å². The summed E-state index contributed by atoms with van der Waals surface area (Å²) in [7, 11) is 0. The number of urea groups is 1. The molecule has 0 unspecified atom stereocenters. The zero-order valence-corrected chi connectivity index (χ0v) is 18.2. The fraction of sp³-hybridized carbons (Fsp3) is 0. The maximum Gasteiger partial charge on any atom is 0.323 e. The van der Waals surface area contributed by atoms with Gasteiger partial charge in [-0.1, -0.05) is 23.7 Å². The number of hydrogen-bond donors (Lipinski definition) is 2. The monoisotopic (exact) mass is 457 g/mol. The summed E-state index contributed by atoms with van der Waals surface area (Å²) in [6.07, 6.45) is 5.11. The van der Waals surface area contributed by atoms with E-state index >= 15 is 0 Å². The minimum Gasteiger partial charge on any atom is -0.308 e. The summed E-state index contributed by atoms with van der Waals surface area (Å²) >= 11 is 7.47. The van der Waals surface area contributed by atoms with Crippen molar-refractivity contribution in [2.75, 3.05) is 10.6 Å². The molecule has 2 amide bonds. The van der Waals surface area contributed by atoms with Crippen molar-refractivity contribution in [2.24, 2.45) is 0 Å². The lowest BCUT2D eigenvalue weighted by atomic mass is 10.0. The molecule has 5 rings (SSSR count). The highest BCUT2D eigenvalue weighted by molar-refractivity contribution is 7.17. The molecule has 3 aromatic heterocycles. The van der Waals surface area contributed by atoms with Gasteiger partial charge in [0.05, 0.1) is 5.69 Å². The molecule has 0 aliphatic carbocycles. The molecule has 0 saturated heterocycles. The standard InChI is InChI=1S/C24H16ClN5OS/c25-17-4-6-18(7-5-17)29-24(31)30-19-3-1-2-16(12-19)22-21-20(15-8-10-26-11-9-15)13-32-23(21)28-14-27-22/h1-14H,(H2,29,30,31). The molecule has 0 aliphatic rings. The number of halogens is 1. The predicted molar refractivity (Wildman–Crippen MR) is 130 cm³/mol. The molecule has 6 nitrogen and oxygen atoms in total. The van der Waals surface area contributed by atoms with E-state index in [0.29, 0.717) is 16.4 Å². The topological polar surface area (TPSA) is 79.8 Å². The van der Waals surface area contributed by atoms with E-state index in [4.69, 9.17) is 11.6 Å². The van der Waals surface area contributed by atoms with E-state index < -0.39 is 0 Å². The number of carbonyl (C=O) groups excluding carboxylic acids is 1. The Hall–Kier alpha value is -3.81. The van der Waals surface area contributed by atoms with Gasteiger partial charge in [0, 0.05) is 50.7 Å². The number of carbonyl (C=O) groups is 1. The van der Waals surface area contributed by atoms with Crippen LogP contribution in [0, 0.1) is 0 Å². The van der Waals surface area contributed by atoms with Gasteiger partial charge in [-0.15, -0.1) is 11.3 Å². The lowest BCUT2D eigenvalue weighted by Crippen LogP contribution is -2.19. The van der Waals surface area contributed by atoms with Crippen LogP contribution in [0.1, 0.15) is 0 Å². The highest BCUT2D eigenvalue weighted by Gasteiger charge is 2.15. The van der Waals surface area contributed by atoms with Crippen molar-refractivity contribution in [3.05, 3.63) is 89.8 Å². The number of thiophene rings is 1. The van der Waals surface area contributed by atoms with Gasteiger partial charge in [-0.3, -0.25) is 4.98 Å². The molecule has 2 aromatic carbocycles. The number of nitrogens with zero attached hydrogens (tertiary/aromatic N) is 3. The Kier molecular flexibility index (Phi) is 5.49. The Bertz CT molecular complexity index is 1400. The fourth-order valence-corrected chi connectivity index (χ4v) is 4.45. The summed E-state index contributed by atoms with van der Waals surface area (Å²) in [5.74, 6) is 0. The van der Waals surface area contributed by atoms with Crippen LogP contribution in [0.3, 0.4) is 0 Å². The Balaban J connectivity index is 1.46. The highest BCUT2D eigenvalue weighted by Crippen LogP contribution is 2.38. The van der Waals surface area contributed by atoms with Gasteiger partial charge >= 0.3 is 6.03 Å². The minimum absolute atomic E-state index is 0.342. The zero-order chi connectivity index (χ0) is 21.9. The van der Waals surface area contributed by atoms with Gasteiger partial charge in [0.1, 0.15) is 11.2 Å². The van der Waals surface area contributed by atoms with Crippen molar-refractivity contribution >= 4 is 50.6 Å². The summed E-state index contributed by atoms with van der Waals surface area (Å²) in [5.41, 5.74) is 5.11. The van der Waals surface area contributed by atoms with Gasteiger partial charge < -0.3 is 10.6 Å². The first kappa shape index (κ1) is 20.1. The molecule has 0 spiro atoms. The average molecular weight is 458 g/mol. The molecule has 156 valence electrons. The molecule has 3 heterocycles. The fourth-order valence-electron chi connectivity index (χ4n) is 3.41. The lowest BCUT2D eigenvalue weighted by molar-refractivity contribution is 0.262. The van der Waals surface area contributed by atoms with Crippen molar-refractivity contribution in [3.8, 4) is 22.4 Å². The third kappa shape index (κ3) is 4.16. The van der Waals surface area contributed by atoms with E-state index in [1.807, 2.05) is 36.4 Å². The van der Waals surface area contributed by atoms with Crippen LogP contribution in [-0.4, -0.2) is 21.0 Å². The van der Waals surface area contributed by atoms with Crippen LogP contribution in [-0.2, 0) is 0 Å². The summed E-state index contributed by atoms with van der Waals surface area (Å²) in [5, 5.41) is 9.34. The molecule has 0 bridgehead atoms. The number of pyridine rings is 1. The maximum atomic E-state index is 12.4. The predicted octanol–water partition coefficient (Wildman–Crippen LogP) is 6.72. The number of aromatic nitrogens is 3. The molecule has 2 N–H and O–H groups in total. The van der Waals surface area contributed by atoms with E-state index in [-0.39, 0.29) is 6.03 Å².